The molecule has 1 rings (SSSR count). The van der Waals surface area contributed by atoms with Gasteiger partial charge in [-0.15, -0.1) is 0 Å². The number of rotatable bonds is 4. The summed E-state index contributed by atoms with van der Waals surface area (Å²) in [6.45, 7) is 4.28. The van der Waals surface area contributed by atoms with E-state index in [0.717, 1.165) is 27.7 Å². The minimum atomic E-state index is -1.78. The van der Waals surface area contributed by atoms with Gasteiger partial charge < -0.3 is 28.8 Å². The summed E-state index contributed by atoms with van der Waals surface area (Å²) in [5.41, 5.74) is 0. The molecule has 11 heteroatoms. The number of esters is 4. The van der Waals surface area contributed by atoms with Crippen LogP contribution in [0, 0.1) is 0 Å². The van der Waals surface area contributed by atoms with Gasteiger partial charge in [-0.2, -0.15) is 0 Å². The Hall–Kier alpha value is -2.11. The van der Waals surface area contributed by atoms with Gasteiger partial charge in [0.05, 0.1) is 0 Å². The molecule has 0 unspecified atom stereocenters. The molecule has 0 radical (unpaired) electrons. The molecule has 140 valence electrons. The lowest BCUT2D eigenvalue weighted by Crippen LogP contribution is -2.63. The summed E-state index contributed by atoms with van der Waals surface area (Å²) in [5, 5.41) is 9.63. The van der Waals surface area contributed by atoms with Crippen LogP contribution in [0.5, 0.6) is 0 Å². The Bertz CT molecular complexity index is 574. The van der Waals surface area contributed by atoms with Crippen LogP contribution in [0.2, 0.25) is 0 Å². The van der Waals surface area contributed by atoms with E-state index in [9.17, 15) is 24.3 Å². The third-order valence-corrected chi connectivity index (χ3v) is 3.21. The van der Waals surface area contributed by atoms with Crippen LogP contribution >= 0.6 is 12.2 Å². The maximum atomic E-state index is 11.4. The number of hydrogen-bond donors (Lipinski definition) is 1. The normalized spacial score (nSPS) is 28.4. The summed E-state index contributed by atoms with van der Waals surface area (Å²) < 4.78 is 24.9. The number of thiocarbonyl (C=S) groups is 1. The van der Waals surface area contributed by atoms with Crippen molar-refractivity contribution in [2.75, 3.05) is 0 Å². The molecule has 0 bridgehead atoms. The number of carbonyl (C=O) groups excluding carboxylic acids is 4. The molecule has 1 saturated heterocycles. The minimum absolute atomic E-state index is 0.448. The lowest BCUT2D eigenvalue weighted by Gasteiger charge is -2.42. The first kappa shape index (κ1) is 20.9. The predicted octanol–water partition coefficient (Wildman–Crippen LogP) is -0.611. The maximum Gasteiger partial charge on any atom is 0.308 e. The van der Waals surface area contributed by atoms with Crippen LogP contribution in [0.4, 0.5) is 0 Å². The van der Waals surface area contributed by atoms with Crippen molar-refractivity contribution in [1.29, 1.82) is 0 Å². The highest BCUT2D eigenvalue weighted by Gasteiger charge is 2.53. The zero-order chi connectivity index (χ0) is 19.3. The van der Waals surface area contributed by atoms with E-state index < -0.39 is 59.6 Å². The first-order chi connectivity index (χ1) is 11.5. The monoisotopic (exact) mass is 378 g/mol. The molecule has 1 fully saturated rings. The second kappa shape index (κ2) is 8.83. The van der Waals surface area contributed by atoms with Crippen molar-refractivity contribution in [3.8, 4) is 0 Å². The fraction of sp³-hybridized carbons (Fsp3) is 0.643. The van der Waals surface area contributed by atoms with Gasteiger partial charge in [0.2, 0.25) is 5.05 Å². The first-order valence-electron chi connectivity index (χ1n) is 7.10. The Labute approximate surface area is 148 Å². The molecule has 0 spiro atoms. The van der Waals surface area contributed by atoms with E-state index in [-0.39, 0.29) is 0 Å². The molecule has 10 nitrogen and oxygen atoms in total. The molecular weight excluding hydrogens is 360 g/mol. The molecule has 1 heterocycles. The van der Waals surface area contributed by atoms with Crippen LogP contribution in [-0.4, -0.2) is 64.7 Å². The van der Waals surface area contributed by atoms with E-state index in [1.54, 1.807) is 0 Å². The second-order valence-corrected chi connectivity index (χ2v) is 5.48. The lowest BCUT2D eigenvalue weighted by molar-refractivity contribution is -0.280. The third kappa shape index (κ3) is 6.03. The van der Waals surface area contributed by atoms with Crippen LogP contribution in [0.3, 0.4) is 0 Å². The van der Waals surface area contributed by atoms with Crippen molar-refractivity contribution < 1.29 is 48.0 Å². The van der Waals surface area contributed by atoms with E-state index in [4.69, 9.17) is 35.9 Å². The average Bonchev–Trinajstić information content (AvgIpc) is 2.43. The highest BCUT2D eigenvalue weighted by molar-refractivity contribution is 7.80. The van der Waals surface area contributed by atoms with Crippen molar-refractivity contribution in [2.45, 2.75) is 58.4 Å². The fourth-order valence-corrected chi connectivity index (χ4v) is 2.49. The molecule has 0 saturated carbocycles. The van der Waals surface area contributed by atoms with E-state index >= 15 is 0 Å². The Morgan fingerprint density at radius 3 is 1.68 bits per heavy atom. The highest BCUT2D eigenvalue weighted by atomic mass is 32.1. The van der Waals surface area contributed by atoms with Gasteiger partial charge in [-0.25, -0.2) is 0 Å². The maximum absolute atomic E-state index is 11.4. The number of aliphatic hydroxyl groups excluding tert-OH is 1. The van der Waals surface area contributed by atoms with Crippen molar-refractivity contribution in [3.63, 3.8) is 0 Å². The zero-order valence-electron chi connectivity index (χ0n) is 13.9. The average molecular weight is 378 g/mol. The Morgan fingerprint density at radius 1 is 0.800 bits per heavy atom. The fourth-order valence-electron chi connectivity index (χ4n) is 2.18. The van der Waals surface area contributed by atoms with Gasteiger partial charge in [0.1, 0.15) is 0 Å². The van der Waals surface area contributed by atoms with Gasteiger partial charge in [-0.1, -0.05) is 0 Å². The van der Waals surface area contributed by atoms with Crippen molar-refractivity contribution in [2.24, 2.45) is 0 Å². The lowest BCUT2D eigenvalue weighted by atomic mass is 9.98. The molecule has 1 aliphatic heterocycles. The van der Waals surface area contributed by atoms with Gasteiger partial charge in [-0.05, 0) is 12.2 Å². The third-order valence-electron chi connectivity index (χ3n) is 2.90. The Balaban J connectivity index is 3.24. The molecule has 25 heavy (non-hydrogen) atoms. The molecule has 1 aliphatic rings. The standard InChI is InChI=1S/C14H18O10S/c1-5(15)20-9-10(21-6(2)16)12(14(25)23-8(4)18)24-13(19)11(9)22-7(3)17/h9-13,19H,1-4H3/t9-,10-,11+,12-,13+/m0/s1. The summed E-state index contributed by atoms with van der Waals surface area (Å²) in [6.07, 6.45) is -7.54. The van der Waals surface area contributed by atoms with E-state index in [2.05, 4.69) is 0 Å². The number of carbonyl (C=O) groups is 4. The quantitative estimate of drug-likeness (QED) is 0.381. The smallest absolute Gasteiger partial charge is 0.308 e. The Kier molecular flexibility index (Phi) is 7.39. The summed E-state index contributed by atoms with van der Waals surface area (Å²) in [5.74, 6) is -3.16. The van der Waals surface area contributed by atoms with Crippen LogP contribution in [0.15, 0.2) is 0 Å². The van der Waals surface area contributed by atoms with Gasteiger partial charge in [0.25, 0.3) is 0 Å². The summed E-state index contributed by atoms with van der Waals surface area (Å²) >= 11 is 4.91. The molecule has 1 N–H and O–H groups in total. The molecule has 0 amide bonds. The van der Waals surface area contributed by atoms with Crippen molar-refractivity contribution >= 4 is 41.1 Å². The minimum Gasteiger partial charge on any atom is -0.455 e. The molecule has 5 atom stereocenters. The van der Waals surface area contributed by atoms with Crippen molar-refractivity contribution in [3.05, 3.63) is 0 Å². The zero-order valence-corrected chi connectivity index (χ0v) is 14.7. The van der Waals surface area contributed by atoms with Gasteiger partial charge in [0, 0.05) is 27.7 Å². The molecule has 0 aromatic carbocycles. The predicted molar refractivity (Wildman–Crippen MR) is 81.9 cm³/mol. The molecular formula is C14H18O10S. The van der Waals surface area contributed by atoms with Crippen molar-refractivity contribution in [1.82, 2.24) is 0 Å². The van der Waals surface area contributed by atoms with Crippen LogP contribution < -0.4 is 0 Å². The summed E-state index contributed by atoms with van der Waals surface area (Å²) in [4.78, 5) is 45.1. The van der Waals surface area contributed by atoms with Gasteiger partial charge >= 0.3 is 23.9 Å². The largest absolute Gasteiger partial charge is 0.455 e. The van der Waals surface area contributed by atoms with E-state index in [0.29, 0.717) is 0 Å². The summed E-state index contributed by atoms with van der Waals surface area (Å²) in [6, 6.07) is 0. The number of hydrogen-bond acceptors (Lipinski definition) is 11. The van der Waals surface area contributed by atoms with Gasteiger partial charge in [-0.3, -0.25) is 19.2 Å². The second-order valence-electron chi connectivity index (χ2n) is 5.08. The van der Waals surface area contributed by atoms with Gasteiger partial charge in [0.15, 0.2) is 30.7 Å². The molecule has 0 aromatic heterocycles. The first-order valence-corrected chi connectivity index (χ1v) is 7.51. The highest BCUT2D eigenvalue weighted by Crippen LogP contribution is 2.29. The van der Waals surface area contributed by atoms with E-state index in [1.807, 2.05) is 0 Å². The summed E-state index contributed by atoms with van der Waals surface area (Å²) in [7, 11) is 0. The van der Waals surface area contributed by atoms with Crippen LogP contribution in [-0.2, 0) is 42.9 Å². The van der Waals surface area contributed by atoms with Crippen LogP contribution in [0.1, 0.15) is 27.7 Å². The Morgan fingerprint density at radius 2 is 1.24 bits per heavy atom. The SMILES string of the molecule is CC(=O)OC(=S)[C@H]1O[C@@H](O)[C@H](OC(C)=O)[C@@H](OC(C)=O)[C@@H]1OC(C)=O. The topological polar surface area (TPSA) is 135 Å². The number of ether oxygens (including phenoxy) is 5. The number of aliphatic hydroxyl groups is 1. The molecule has 0 aliphatic carbocycles. The molecule has 0 aromatic rings. The van der Waals surface area contributed by atoms with E-state index in [1.165, 1.54) is 0 Å². The van der Waals surface area contributed by atoms with Crippen LogP contribution in [0.25, 0.3) is 0 Å².